The van der Waals surface area contributed by atoms with Crippen LogP contribution in [0.15, 0.2) is 41.4 Å². The molecule has 1 aromatic carbocycles. The van der Waals surface area contributed by atoms with E-state index in [1.54, 1.807) is 0 Å². The first-order valence-electron chi connectivity index (χ1n) is 5.69. The number of anilines is 1. The minimum atomic E-state index is -3.91. The number of hydrogen-bond donors (Lipinski definition) is 1. The summed E-state index contributed by atoms with van der Waals surface area (Å²) in [6.07, 6.45) is 1.37. The number of nitro groups is 1. The number of sulfonamides is 1. The summed E-state index contributed by atoms with van der Waals surface area (Å²) in [6.45, 7) is 1.52. The third kappa shape index (κ3) is 3.29. The number of benzene rings is 1. The minimum Gasteiger partial charge on any atom is -0.280 e. The van der Waals surface area contributed by atoms with Crippen LogP contribution in [-0.2, 0) is 10.0 Å². The Kier molecular flexibility index (Phi) is 4.10. The molecule has 110 valence electrons. The summed E-state index contributed by atoms with van der Waals surface area (Å²) in [7, 11) is -3.91. The Morgan fingerprint density at radius 3 is 2.62 bits per heavy atom. The van der Waals surface area contributed by atoms with Gasteiger partial charge < -0.3 is 0 Å². The van der Waals surface area contributed by atoms with Crippen molar-refractivity contribution in [2.45, 2.75) is 11.8 Å². The Labute approximate surface area is 125 Å². The highest BCUT2D eigenvalue weighted by Crippen LogP contribution is 2.25. The number of pyridine rings is 1. The number of hydrogen-bond acceptors (Lipinski definition) is 5. The van der Waals surface area contributed by atoms with Crippen LogP contribution < -0.4 is 4.72 Å². The first-order valence-corrected chi connectivity index (χ1v) is 7.56. The molecule has 0 aliphatic carbocycles. The maximum absolute atomic E-state index is 12.2. The molecule has 0 atom stereocenters. The van der Waals surface area contributed by atoms with Crippen molar-refractivity contribution < 1.29 is 13.3 Å². The largest absolute Gasteiger partial charge is 0.280 e. The zero-order chi connectivity index (χ0) is 15.6. The van der Waals surface area contributed by atoms with E-state index in [9.17, 15) is 18.5 Å². The van der Waals surface area contributed by atoms with Crippen LogP contribution in [0.3, 0.4) is 0 Å². The molecule has 21 heavy (non-hydrogen) atoms. The normalized spacial score (nSPS) is 11.1. The Hall–Kier alpha value is -2.19. The molecule has 9 heteroatoms. The van der Waals surface area contributed by atoms with E-state index in [0.717, 1.165) is 0 Å². The molecule has 0 saturated heterocycles. The zero-order valence-corrected chi connectivity index (χ0v) is 12.4. The van der Waals surface area contributed by atoms with Crippen molar-refractivity contribution in [3.8, 4) is 0 Å². The fourth-order valence-electron chi connectivity index (χ4n) is 1.71. The van der Waals surface area contributed by atoms with E-state index < -0.39 is 14.9 Å². The van der Waals surface area contributed by atoms with E-state index in [1.807, 2.05) is 0 Å². The van der Waals surface area contributed by atoms with Crippen molar-refractivity contribution in [1.29, 1.82) is 0 Å². The number of aryl methyl sites for hydroxylation is 1. The monoisotopic (exact) mass is 327 g/mol. The number of nitro benzene ring substituents is 1. The number of halogens is 1. The summed E-state index contributed by atoms with van der Waals surface area (Å²) in [4.78, 5) is 13.7. The number of nitrogens with one attached hydrogen (secondary N) is 1. The lowest BCUT2D eigenvalue weighted by molar-refractivity contribution is -0.385. The number of rotatable bonds is 4. The van der Waals surface area contributed by atoms with Crippen LogP contribution >= 0.6 is 11.6 Å². The van der Waals surface area contributed by atoms with Crippen LogP contribution in [0, 0.1) is 17.0 Å². The van der Waals surface area contributed by atoms with Crippen LogP contribution in [0.25, 0.3) is 0 Å². The summed E-state index contributed by atoms with van der Waals surface area (Å²) < 4.78 is 26.7. The molecule has 2 aromatic rings. The van der Waals surface area contributed by atoms with Crippen LogP contribution in [0.4, 0.5) is 11.4 Å². The van der Waals surface area contributed by atoms with Gasteiger partial charge in [0.25, 0.3) is 15.7 Å². The molecule has 1 heterocycles. The van der Waals surface area contributed by atoms with Crippen LogP contribution in [0.5, 0.6) is 0 Å². The smallest absolute Gasteiger partial charge is 0.272 e. The highest BCUT2D eigenvalue weighted by atomic mass is 35.5. The van der Waals surface area contributed by atoms with Gasteiger partial charge in [-0.25, -0.2) is 13.4 Å². The second kappa shape index (κ2) is 5.66. The average molecular weight is 328 g/mol. The summed E-state index contributed by atoms with van der Waals surface area (Å²) >= 11 is 5.75. The quantitative estimate of drug-likeness (QED) is 0.528. The SMILES string of the molecule is Cc1cc(NS(=O)(=O)c2cccnc2Cl)ccc1[N+](=O)[O-]. The lowest BCUT2D eigenvalue weighted by Gasteiger charge is -2.09. The van der Waals surface area contributed by atoms with Gasteiger partial charge in [-0.15, -0.1) is 0 Å². The molecule has 0 spiro atoms. The summed E-state index contributed by atoms with van der Waals surface area (Å²) in [6, 6.07) is 6.68. The van der Waals surface area contributed by atoms with Crippen molar-refractivity contribution in [3.63, 3.8) is 0 Å². The standard InChI is InChI=1S/C12H10ClN3O4S/c1-8-7-9(4-5-10(8)16(17)18)15-21(19,20)11-3-2-6-14-12(11)13/h2-7,15H,1H3. The van der Waals surface area contributed by atoms with E-state index in [0.29, 0.717) is 5.56 Å². The maximum Gasteiger partial charge on any atom is 0.272 e. The van der Waals surface area contributed by atoms with Gasteiger partial charge in [0.1, 0.15) is 10.0 Å². The molecule has 0 radical (unpaired) electrons. The Balaban J connectivity index is 2.36. The van der Waals surface area contributed by atoms with Gasteiger partial charge in [-0.2, -0.15) is 0 Å². The van der Waals surface area contributed by atoms with Crippen molar-refractivity contribution in [3.05, 3.63) is 57.4 Å². The third-order valence-electron chi connectivity index (χ3n) is 2.66. The van der Waals surface area contributed by atoms with Crippen molar-refractivity contribution in [2.75, 3.05) is 4.72 Å². The van der Waals surface area contributed by atoms with Crippen molar-refractivity contribution >= 4 is 33.0 Å². The summed E-state index contributed by atoms with van der Waals surface area (Å²) in [5.74, 6) is 0. The second-order valence-electron chi connectivity index (χ2n) is 4.16. The van der Waals surface area contributed by atoms with Gasteiger partial charge in [0.15, 0.2) is 0 Å². The summed E-state index contributed by atoms with van der Waals surface area (Å²) in [5.41, 5.74) is 0.466. The van der Waals surface area contributed by atoms with Gasteiger partial charge >= 0.3 is 0 Å². The number of nitrogens with zero attached hydrogens (tertiary/aromatic N) is 2. The first kappa shape index (κ1) is 15.2. The highest BCUT2D eigenvalue weighted by Gasteiger charge is 2.19. The van der Waals surface area contributed by atoms with Gasteiger partial charge in [-0.3, -0.25) is 14.8 Å². The molecular weight excluding hydrogens is 318 g/mol. The minimum absolute atomic E-state index is 0.0858. The molecule has 1 N–H and O–H groups in total. The molecule has 1 aromatic heterocycles. The highest BCUT2D eigenvalue weighted by molar-refractivity contribution is 7.92. The second-order valence-corrected chi connectivity index (χ2v) is 6.17. The average Bonchev–Trinajstić information content (AvgIpc) is 2.38. The van der Waals surface area contributed by atoms with Gasteiger partial charge in [0.05, 0.1) is 4.92 Å². The Morgan fingerprint density at radius 2 is 2.05 bits per heavy atom. The fraction of sp³-hybridized carbons (Fsp3) is 0.0833. The fourth-order valence-corrected chi connectivity index (χ4v) is 3.21. The van der Waals surface area contributed by atoms with E-state index in [1.165, 1.54) is 43.5 Å². The van der Waals surface area contributed by atoms with Gasteiger partial charge in [0, 0.05) is 23.5 Å². The van der Waals surface area contributed by atoms with Gasteiger partial charge in [0.2, 0.25) is 0 Å². The molecule has 0 fully saturated rings. The van der Waals surface area contributed by atoms with E-state index in [4.69, 9.17) is 11.6 Å². The predicted molar refractivity (Wildman–Crippen MR) is 77.9 cm³/mol. The maximum atomic E-state index is 12.2. The van der Waals surface area contributed by atoms with Crippen LogP contribution in [-0.4, -0.2) is 18.3 Å². The Bertz CT molecular complexity index is 808. The van der Waals surface area contributed by atoms with Crippen molar-refractivity contribution in [2.24, 2.45) is 0 Å². The third-order valence-corrected chi connectivity index (χ3v) is 4.49. The first-order chi connectivity index (χ1) is 9.81. The molecule has 2 rings (SSSR count). The van der Waals surface area contributed by atoms with Crippen LogP contribution in [0.1, 0.15) is 5.56 Å². The molecule has 0 bridgehead atoms. The topological polar surface area (TPSA) is 102 Å². The zero-order valence-electron chi connectivity index (χ0n) is 10.8. The Morgan fingerprint density at radius 1 is 1.33 bits per heavy atom. The molecule has 0 amide bonds. The van der Waals surface area contributed by atoms with Gasteiger partial charge in [-0.05, 0) is 31.2 Å². The van der Waals surface area contributed by atoms with E-state index >= 15 is 0 Å². The lowest BCUT2D eigenvalue weighted by atomic mass is 10.2. The predicted octanol–water partition coefficient (Wildman–Crippen LogP) is 2.75. The summed E-state index contributed by atoms with van der Waals surface area (Å²) in [5, 5.41) is 10.6. The molecule has 7 nitrogen and oxygen atoms in total. The molecule has 0 saturated carbocycles. The molecule has 0 aliphatic heterocycles. The molecule has 0 aliphatic rings. The van der Waals surface area contributed by atoms with Gasteiger partial charge in [-0.1, -0.05) is 11.6 Å². The lowest BCUT2D eigenvalue weighted by Crippen LogP contribution is -2.14. The van der Waals surface area contributed by atoms with Crippen molar-refractivity contribution in [1.82, 2.24) is 4.98 Å². The number of aromatic nitrogens is 1. The van der Waals surface area contributed by atoms with E-state index in [-0.39, 0.29) is 21.4 Å². The van der Waals surface area contributed by atoms with E-state index in [2.05, 4.69) is 9.71 Å². The van der Waals surface area contributed by atoms with Crippen LogP contribution in [0.2, 0.25) is 5.15 Å². The molecule has 0 unspecified atom stereocenters. The molecular formula is C12H10ClN3O4S.